The van der Waals surface area contributed by atoms with Crippen molar-refractivity contribution in [3.05, 3.63) is 6.20 Å². The molecule has 0 radical (unpaired) electrons. The second kappa shape index (κ2) is 2.94. The lowest BCUT2D eigenvalue weighted by Gasteiger charge is -2.05. The fraction of sp³-hybridized carbons (Fsp3) is 0.500. The molecule has 0 fully saturated rings. The van der Waals surface area contributed by atoms with E-state index in [1.165, 1.54) is 10.9 Å². The molecule has 0 saturated carbocycles. The van der Waals surface area contributed by atoms with Gasteiger partial charge in [-0.1, -0.05) is 0 Å². The summed E-state index contributed by atoms with van der Waals surface area (Å²) in [6.45, 7) is 0.244. The standard InChI is InChI=1S/C6H10N4O3S/c7-14(8,12)5-1-9-10-2-4(3-11)13-6(5)10/h1,4,11H,2-3H2,(H3,7,8,12). The largest absolute Gasteiger partial charge is 0.469 e. The molecule has 1 aromatic rings. The maximum absolute atomic E-state index is 11.3. The summed E-state index contributed by atoms with van der Waals surface area (Å²) in [5.74, 6) is 0.228. The molecule has 0 aromatic carbocycles. The summed E-state index contributed by atoms with van der Waals surface area (Å²) in [6.07, 6.45) is 0.873. The number of rotatable bonds is 2. The minimum Gasteiger partial charge on any atom is -0.469 e. The van der Waals surface area contributed by atoms with Gasteiger partial charge in [0.2, 0.25) is 5.88 Å². The number of aromatic nitrogens is 2. The monoisotopic (exact) mass is 218 g/mol. The zero-order valence-electron chi connectivity index (χ0n) is 7.21. The number of hydrogen-bond acceptors (Lipinski definition) is 5. The highest BCUT2D eigenvalue weighted by Gasteiger charge is 2.28. The van der Waals surface area contributed by atoms with Gasteiger partial charge >= 0.3 is 0 Å². The Hall–Kier alpha value is -1.12. The topological polar surface area (TPSA) is 114 Å². The van der Waals surface area contributed by atoms with Gasteiger partial charge in [0.1, 0.15) is 20.9 Å². The van der Waals surface area contributed by atoms with Crippen molar-refractivity contribution in [2.24, 2.45) is 5.14 Å². The van der Waals surface area contributed by atoms with E-state index in [1.807, 2.05) is 0 Å². The van der Waals surface area contributed by atoms with E-state index in [0.717, 1.165) is 0 Å². The van der Waals surface area contributed by atoms with Gasteiger partial charge in [-0.25, -0.2) is 18.8 Å². The first-order chi connectivity index (χ1) is 6.52. The van der Waals surface area contributed by atoms with E-state index >= 15 is 0 Å². The molecule has 1 aliphatic rings. The molecule has 2 rings (SSSR count). The predicted octanol–water partition coefficient (Wildman–Crippen LogP) is -1.08. The Balaban J connectivity index is 2.42. The molecule has 78 valence electrons. The molecule has 2 unspecified atom stereocenters. The third-order valence-corrected chi connectivity index (χ3v) is 2.88. The second-order valence-electron chi connectivity index (χ2n) is 3.02. The zero-order chi connectivity index (χ0) is 10.3. The van der Waals surface area contributed by atoms with Crippen LogP contribution in [0.3, 0.4) is 0 Å². The summed E-state index contributed by atoms with van der Waals surface area (Å²) in [5.41, 5.74) is 0. The SMILES string of the molecule is N=S(N)(=O)c1cnn2c1OC(CO)C2. The molecule has 8 heteroatoms. The van der Waals surface area contributed by atoms with Crippen LogP contribution in [0.4, 0.5) is 0 Å². The van der Waals surface area contributed by atoms with Crippen LogP contribution < -0.4 is 9.88 Å². The molecule has 7 nitrogen and oxygen atoms in total. The number of nitrogens with two attached hydrogens (primary N) is 1. The van der Waals surface area contributed by atoms with Crippen molar-refractivity contribution < 1.29 is 14.1 Å². The van der Waals surface area contributed by atoms with Crippen molar-refractivity contribution in [3.8, 4) is 5.88 Å². The fourth-order valence-electron chi connectivity index (χ4n) is 1.30. The summed E-state index contributed by atoms with van der Waals surface area (Å²) < 4.78 is 25.1. The molecule has 0 saturated heterocycles. The average Bonchev–Trinajstić information content (AvgIpc) is 2.57. The van der Waals surface area contributed by atoms with Crippen molar-refractivity contribution in [1.82, 2.24) is 9.78 Å². The van der Waals surface area contributed by atoms with Gasteiger partial charge in [0.05, 0.1) is 19.3 Å². The first-order valence-corrected chi connectivity index (χ1v) is 5.54. The first-order valence-electron chi connectivity index (χ1n) is 3.92. The number of fused-ring (bicyclic) bond motifs is 1. The van der Waals surface area contributed by atoms with Crippen LogP contribution in [-0.2, 0) is 16.5 Å². The number of aliphatic hydroxyl groups is 1. The first kappa shape index (κ1) is 9.44. The molecule has 0 amide bonds. The van der Waals surface area contributed by atoms with Gasteiger partial charge < -0.3 is 9.84 Å². The highest BCUT2D eigenvalue weighted by Crippen LogP contribution is 2.28. The van der Waals surface area contributed by atoms with E-state index in [-0.39, 0.29) is 23.5 Å². The van der Waals surface area contributed by atoms with E-state index in [1.54, 1.807) is 0 Å². The molecule has 2 heterocycles. The van der Waals surface area contributed by atoms with E-state index in [2.05, 4.69) is 5.10 Å². The molecule has 4 N–H and O–H groups in total. The molecule has 2 atom stereocenters. The van der Waals surface area contributed by atoms with E-state index in [0.29, 0.717) is 6.54 Å². The van der Waals surface area contributed by atoms with Crippen molar-refractivity contribution in [2.45, 2.75) is 17.5 Å². The smallest absolute Gasteiger partial charge is 0.231 e. The number of nitrogens with zero attached hydrogens (tertiary/aromatic N) is 2. The van der Waals surface area contributed by atoms with Crippen LogP contribution in [-0.4, -0.2) is 31.8 Å². The van der Waals surface area contributed by atoms with Gasteiger partial charge in [-0.05, 0) is 0 Å². The maximum atomic E-state index is 11.3. The Morgan fingerprint density at radius 3 is 3.21 bits per heavy atom. The molecule has 0 spiro atoms. The predicted molar refractivity (Wildman–Crippen MR) is 47.0 cm³/mol. The highest BCUT2D eigenvalue weighted by molar-refractivity contribution is 7.90. The van der Waals surface area contributed by atoms with E-state index in [4.69, 9.17) is 19.8 Å². The van der Waals surface area contributed by atoms with Crippen molar-refractivity contribution in [1.29, 1.82) is 4.78 Å². The lowest BCUT2D eigenvalue weighted by atomic mass is 10.4. The lowest BCUT2D eigenvalue weighted by Crippen LogP contribution is -2.20. The van der Waals surface area contributed by atoms with Gasteiger partial charge in [-0.2, -0.15) is 5.10 Å². The Bertz CT molecular complexity index is 452. The molecule has 0 aliphatic carbocycles. The fourth-order valence-corrected chi connectivity index (χ4v) is 1.91. The van der Waals surface area contributed by atoms with Gasteiger partial charge in [0, 0.05) is 0 Å². The van der Waals surface area contributed by atoms with Crippen molar-refractivity contribution in [2.75, 3.05) is 6.61 Å². The van der Waals surface area contributed by atoms with Crippen LogP contribution in [0.1, 0.15) is 0 Å². The lowest BCUT2D eigenvalue weighted by molar-refractivity contribution is 0.130. The number of ether oxygens (including phenoxy) is 1. The molecular formula is C6H10N4O3S. The maximum Gasteiger partial charge on any atom is 0.231 e. The summed E-state index contributed by atoms with van der Waals surface area (Å²) in [6, 6.07) is 0. The second-order valence-corrected chi connectivity index (χ2v) is 4.66. The third kappa shape index (κ3) is 1.37. The number of hydrogen-bond donors (Lipinski definition) is 3. The Labute approximate surface area is 80.6 Å². The summed E-state index contributed by atoms with van der Waals surface area (Å²) in [7, 11) is -3.31. The van der Waals surface area contributed by atoms with E-state index in [9.17, 15) is 4.21 Å². The molecule has 0 bridgehead atoms. The van der Waals surface area contributed by atoms with Gasteiger partial charge in [-0.3, -0.25) is 0 Å². The molecule has 14 heavy (non-hydrogen) atoms. The molecular weight excluding hydrogens is 208 g/mol. The van der Waals surface area contributed by atoms with Crippen molar-refractivity contribution in [3.63, 3.8) is 0 Å². The van der Waals surface area contributed by atoms with Gasteiger partial charge in [0.15, 0.2) is 0 Å². The van der Waals surface area contributed by atoms with Crippen LogP contribution in [0.2, 0.25) is 0 Å². The van der Waals surface area contributed by atoms with Crippen LogP contribution in [0.15, 0.2) is 11.1 Å². The Kier molecular flexibility index (Phi) is 1.98. The Morgan fingerprint density at radius 1 is 1.93 bits per heavy atom. The van der Waals surface area contributed by atoms with E-state index < -0.39 is 9.92 Å². The Morgan fingerprint density at radius 2 is 2.64 bits per heavy atom. The highest BCUT2D eigenvalue weighted by atomic mass is 32.2. The molecule has 1 aliphatic heterocycles. The summed E-state index contributed by atoms with van der Waals surface area (Å²) in [4.78, 5) is 0.0773. The van der Waals surface area contributed by atoms with Gasteiger partial charge in [-0.15, -0.1) is 0 Å². The average molecular weight is 218 g/mol. The van der Waals surface area contributed by atoms with Crippen LogP contribution in [0, 0.1) is 4.78 Å². The minimum atomic E-state index is -3.31. The zero-order valence-corrected chi connectivity index (χ0v) is 8.03. The van der Waals surface area contributed by atoms with Gasteiger partial charge in [0.25, 0.3) is 0 Å². The number of nitrogens with one attached hydrogen (secondary N) is 1. The van der Waals surface area contributed by atoms with Crippen LogP contribution >= 0.6 is 0 Å². The van der Waals surface area contributed by atoms with Crippen LogP contribution in [0.5, 0.6) is 5.88 Å². The quantitative estimate of drug-likeness (QED) is 0.585. The summed E-state index contributed by atoms with van der Waals surface area (Å²) in [5, 5.41) is 17.9. The normalized spacial score (nSPS) is 24.0. The third-order valence-electron chi connectivity index (χ3n) is 1.94. The minimum absolute atomic E-state index is 0.0773. The molecule has 1 aromatic heterocycles. The van der Waals surface area contributed by atoms with Crippen molar-refractivity contribution >= 4 is 9.92 Å². The van der Waals surface area contributed by atoms with Crippen LogP contribution in [0.25, 0.3) is 0 Å². The number of aliphatic hydroxyl groups excluding tert-OH is 1. The summed E-state index contributed by atoms with van der Waals surface area (Å²) >= 11 is 0.